The molecule has 0 saturated heterocycles. The SMILES string of the molecule is Brc1ccc2ccc(Br)c3c2c1c1c2c4c(Br)ccc5ccc(Br)c(c54)c2c2c4c(Br)ccc5ccc(Br)c(c54)c2c31. The molecular weight excluding hydrogens is 912 g/mol. The van der Waals surface area contributed by atoms with E-state index in [-0.39, 0.29) is 0 Å². The molecule has 10 aromatic rings. The summed E-state index contributed by atoms with van der Waals surface area (Å²) in [5, 5.41) is 23.0. The fourth-order valence-corrected chi connectivity index (χ4v) is 11.0. The molecule has 0 bridgehead atoms. The Balaban J connectivity index is 1.79. The highest BCUT2D eigenvalue weighted by Crippen LogP contribution is 2.59. The molecule has 0 aliphatic heterocycles. The van der Waals surface area contributed by atoms with E-state index in [0.29, 0.717) is 0 Å². The highest BCUT2D eigenvalue weighted by molar-refractivity contribution is 9.11. The molecule has 0 atom stereocenters. The normalized spacial score (nSPS) is 13.0. The van der Waals surface area contributed by atoms with E-state index in [0.717, 1.165) is 26.8 Å². The van der Waals surface area contributed by atoms with Crippen LogP contribution in [0.25, 0.3) is 97.0 Å². The molecule has 0 nitrogen and oxygen atoms in total. The average Bonchev–Trinajstić information content (AvgIpc) is 3.64. The Morgan fingerprint density at radius 3 is 0.524 bits per heavy atom. The van der Waals surface area contributed by atoms with Crippen LogP contribution in [0.4, 0.5) is 0 Å². The highest BCUT2D eigenvalue weighted by Gasteiger charge is 2.30. The van der Waals surface area contributed by atoms with Crippen molar-refractivity contribution in [1.82, 2.24) is 0 Å². The number of benzene rings is 7. The van der Waals surface area contributed by atoms with E-state index in [2.05, 4.69) is 168 Å². The second-order valence-corrected chi connectivity index (χ2v) is 16.2. The van der Waals surface area contributed by atoms with Gasteiger partial charge in [0.2, 0.25) is 0 Å². The van der Waals surface area contributed by atoms with Gasteiger partial charge in [0.25, 0.3) is 0 Å². The molecule has 0 spiro atoms. The zero-order valence-corrected chi connectivity index (χ0v) is 30.7. The van der Waals surface area contributed by atoms with Gasteiger partial charge < -0.3 is 0 Å². The maximum absolute atomic E-state index is 4.03. The molecule has 0 amide bonds. The molecule has 0 aliphatic rings. The summed E-state index contributed by atoms with van der Waals surface area (Å²) in [4.78, 5) is 0. The number of rotatable bonds is 0. The van der Waals surface area contributed by atoms with Crippen molar-refractivity contribution in [2.75, 3.05) is 0 Å². The maximum atomic E-state index is 4.03. The first-order valence-electron chi connectivity index (χ1n) is 13.3. The van der Waals surface area contributed by atoms with E-state index < -0.39 is 0 Å². The molecule has 0 aliphatic carbocycles. The van der Waals surface area contributed by atoms with Crippen LogP contribution < -0.4 is 0 Å². The summed E-state index contributed by atoms with van der Waals surface area (Å²) in [5.41, 5.74) is 0. The summed E-state index contributed by atoms with van der Waals surface area (Å²) >= 11 is 24.2. The summed E-state index contributed by atoms with van der Waals surface area (Å²) in [6.45, 7) is 0. The minimum Gasteiger partial charge on any atom is -0.0532 e. The molecule has 0 fully saturated rings. The Morgan fingerprint density at radius 2 is 0.357 bits per heavy atom. The zero-order valence-electron chi connectivity index (χ0n) is 21.2. The molecular formula is C36H12Br6. The van der Waals surface area contributed by atoms with Gasteiger partial charge in [-0.25, -0.2) is 0 Å². The Kier molecular flexibility index (Phi) is 5.14. The molecule has 10 aromatic carbocycles. The number of hydrogen-bond donors (Lipinski definition) is 0. The van der Waals surface area contributed by atoms with Crippen LogP contribution in [0.2, 0.25) is 0 Å². The Hall–Kier alpha value is -1.80. The summed E-state index contributed by atoms with van der Waals surface area (Å²) in [5.74, 6) is 0. The van der Waals surface area contributed by atoms with E-state index in [1.807, 2.05) is 0 Å². The number of halogens is 6. The lowest BCUT2D eigenvalue weighted by molar-refractivity contribution is 1.77. The lowest BCUT2D eigenvalue weighted by atomic mass is 9.97. The Morgan fingerprint density at radius 1 is 0.190 bits per heavy atom. The van der Waals surface area contributed by atoms with Crippen molar-refractivity contribution in [3.05, 3.63) is 99.6 Å². The zero-order chi connectivity index (χ0) is 28.3. The van der Waals surface area contributed by atoms with Gasteiger partial charge in [-0.2, -0.15) is 0 Å². The largest absolute Gasteiger partial charge is 0.0532 e. The van der Waals surface area contributed by atoms with Gasteiger partial charge >= 0.3 is 0 Å². The van der Waals surface area contributed by atoms with Crippen molar-refractivity contribution in [3.8, 4) is 0 Å². The first kappa shape index (κ1) is 25.5. The van der Waals surface area contributed by atoms with E-state index in [4.69, 9.17) is 0 Å². The summed E-state index contributed by atoms with van der Waals surface area (Å²) in [6.07, 6.45) is 0. The van der Waals surface area contributed by atoms with Crippen molar-refractivity contribution >= 4 is 193 Å². The van der Waals surface area contributed by atoms with Crippen molar-refractivity contribution in [2.45, 2.75) is 0 Å². The Labute approximate surface area is 289 Å². The van der Waals surface area contributed by atoms with Crippen LogP contribution >= 0.6 is 95.6 Å². The monoisotopic (exact) mass is 918 g/mol. The molecule has 42 heavy (non-hydrogen) atoms. The van der Waals surface area contributed by atoms with Gasteiger partial charge in [0, 0.05) is 91.5 Å². The van der Waals surface area contributed by atoms with Gasteiger partial charge in [-0.05, 0) is 68.7 Å². The molecule has 198 valence electrons. The molecule has 0 saturated carbocycles. The first-order valence-corrected chi connectivity index (χ1v) is 18.1. The second kappa shape index (κ2) is 8.47. The topological polar surface area (TPSA) is 0 Å². The van der Waals surface area contributed by atoms with Crippen LogP contribution in [0.15, 0.2) is 99.6 Å². The standard InChI is InChI=1S/C36H12Br6/c37-16-7-1-13-2-8-17(38)26-22(13)25(16)31-32(26)34-28-19(40)10-4-15-6-12-21(42)30(24(15)28)36(34)35-29-20(41)11-5-14-3-9-18(39)27(23(14)29)33(31)35/h1-12H. The van der Waals surface area contributed by atoms with Crippen LogP contribution in [0.1, 0.15) is 0 Å². The van der Waals surface area contributed by atoms with Gasteiger partial charge in [-0.3, -0.25) is 0 Å². The van der Waals surface area contributed by atoms with Crippen LogP contribution in [0.3, 0.4) is 0 Å². The van der Waals surface area contributed by atoms with Crippen LogP contribution in [-0.2, 0) is 0 Å². The summed E-state index contributed by atoms with van der Waals surface area (Å²) in [7, 11) is 0. The lowest BCUT2D eigenvalue weighted by Crippen LogP contribution is -1.78. The van der Waals surface area contributed by atoms with Gasteiger partial charge in [-0.1, -0.05) is 132 Å². The van der Waals surface area contributed by atoms with Crippen molar-refractivity contribution < 1.29 is 0 Å². The predicted octanol–water partition coefficient (Wildman–Crippen LogP) is 15.0. The molecule has 0 heterocycles. The fraction of sp³-hybridized carbons (Fsp3) is 0. The maximum Gasteiger partial charge on any atom is 0.0260 e. The van der Waals surface area contributed by atoms with Gasteiger partial charge in [0.05, 0.1) is 0 Å². The summed E-state index contributed by atoms with van der Waals surface area (Å²) < 4.78 is 6.68. The molecule has 0 N–H and O–H groups in total. The molecule has 0 radical (unpaired) electrons. The van der Waals surface area contributed by atoms with Crippen molar-refractivity contribution in [3.63, 3.8) is 0 Å². The quantitative estimate of drug-likeness (QED) is 0.142. The Bertz CT molecular complexity index is 2330. The average molecular weight is 924 g/mol. The van der Waals surface area contributed by atoms with Crippen molar-refractivity contribution in [2.24, 2.45) is 0 Å². The third kappa shape index (κ3) is 2.85. The molecule has 6 heteroatoms. The molecule has 0 unspecified atom stereocenters. The predicted molar refractivity (Wildman–Crippen MR) is 204 cm³/mol. The first-order chi connectivity index (χ1) is 20.4. The smallest absolute Gasteiger partial charge is 0.0260 e. The minimum absolute atomic E-state index is 1.11. The van der Waals surface area contributed by atoms with Gasteiger partial charge in [0.15, 0.2) is 0 Å². The summed E-state index contributed by atoms with van der Waals surface area (Å²) in [6, 6.07) is 26.6. The molecule has 10 rings (SSSR count). The van der Waals surface area contributed by atoms with E-state index in [9.17, 15) is 0 Å². The molecule has 0 aromatic heterocycles. The van der Waals surface area contributed by atoms with Gasteiger partial charge in [-0.15, -0.1) is 0 Å². The van der Waals surface area contributed by atoms with E-state index in [1.54, 1.807) is 0 Å². The second-order valence-electron chi connectivity index (χ2n) is 11.1. The van der Waals surface area contributed by atoms with Crippen LogP contribution in [0.5, 0.6) is 0 Å². The minimum atomic E-state index is 1.11. The van der Waals surface area contributed by atoms with E-state index >= 15 is 0 Å². The van der Waals surface area contributed by atoms with Crippen LogP contribution in [-0.4, -0.2) is 0 Å². The fourth-order valence-electron chi connectivity index (χ4n) is 7.82. The highest BCUT2D eigenvalue weighted by atomic mass is 79.9. The van der Waals surface area contributed by atoms with Crippen LogP contribution in [0, 0.1) is 0 Å². The van der Waals surface area contributed by atoms with E-state index in [1.165, 1.54) is 97.0 Å². The van der Waals surface area contributed by atoms with Crippen molar-refractivity contribution in [1.29, 1.82) is 0 Å². The third-order valence-corrected chi connectivity index (χ3v) is 13.2. The number of hydrogen-bond acceptors (Lipinski definition) is 0. The third-order valence-electron chi connectivity index (χ3n) is 9.25. The van der Waals surface area contributed by atoms with Gasteiger partial charge in [0.1, 0.15) is 0 Å². The lowest BCUT2D eigenvalue weighted by Gasteiger charge is -2.07. The number of fused-ring (bicyclic) bond motifs is 12.